The summed E-state index contributed by atoms with van der Waals surface area (Å²) >= 11 is 1.50. The Kier molecular flexibility index (Phi) is 4.57. The van der Waals surface area contributed by atoms with E-state index in [2.05, 4.69) is 20.6 Å². The molecule has 0 unspecified atom stereocenters. The molecule has 0 fully saturated rings. The number of hydrogen-bond acceptors (Lipinski definition) is 5. The zero-order valence-corrected chi connectivity index (χ0v) is 14.7. The van der Waals surface area contributed by atoms with Crippen molar-refractivity contribution in [1.82, 2.24) is 15.3 Å². The highest BCUT2D eigenvalue weighted by molar-refractivity contribution is 7.22. The van der Waals surface area contributed by atoms with Gasteiger partial charge < -0.3 is 10.6 Å². The summed E-state index contributed by atoms with van der Waals surface area (Å²) in [5.41, 5.74) is 2.55. The Bertz CT molecular complexity index is 1030. The molecule has 26 heavy (non-hydrogen) atoms. The molecule has 128 valence electrons. The molecule has 0 spiro atoms. The molecule has 0 radical (unpaired) electrons. The summed E-state index contributed by atoms with van der Waals surface area (Å²) in [5.74, 6) is 0.649. The third-order valence-corrected chi connectivity index (χ3v) is 4.78. The van der Waals surface area contributed by atoms with E-state index in [4.69, 9.17) is 0 Å². The van der Waals surface area contributed by atoms with Crippen molar-refractivity contribution in [2.24, 2.45) is 0 Å². The van der Waals surface area contributed by atoms with Gasteiger partial charge in [-0.3, -0.25) is 4.79 Å². The molecule has 0 atom stereocenters. The first-order valence-electron chi connectivity index (χ1n) is 8.19. The van der Waals surface area contributed by atoms with E-state index in [0.29, 0.717) is 12.1 Å². The normalized spacial score (nSPS) is 10.6. The number of anilines is 2. The van der Waals surface area contributed by atoms with Crippen molar-refractivity contribution in [1.29, 1.82) is 0 Å². The third kappa shape index (κ3) is 3.70. The number of aromatic nitrogens is 2. The van der Waals surface area contributed by atoms with Crippen molar-refractivity contribution >= 4 is 38.4 Å². The summed E-state index contributed by atoms with van der Waals surface area (Å²) < 4.78 is 0.954. The second kappa shape index (κ2) is 7.33. The third-order valence-electron chi connectivity index (χ3n) is 3.85. The predicted octanol–water partition coefficient (Wildman–Crippen LogP) is 4.36. The van der Waals surface area contributed by atoms with Crippen LogP contribution in [0.25, 0.3) is 10.2 Å². The first-order chi connectivity index (χ1) is 12.8. The minimum atomic E-state index is -0.0941. The second-order valence-corrected chi connectivity index (χ2v) is 6.74. The Morgan fingerprint density at radius 1 is 1.00 bits per heavy atom. The van der Waals surface area contributed by atoms with E-state index in [-0.39, 0.29) is 5.91 Å². The van der Waals surface area contributed by atoms with Gasteiger partial charge in [-0.15, -0.1) is 0 Å². The van der Waals surface area contributed by atoms with Crippen LogP contribution in [0.4, 0.5) is 10.9 Å². The Labute approximate surface area is 154 Å². The summed E-state index contributed by atoms with van der Waals surface area (Å²) in [6, 6.07) is 21.1. The highest BCUT2D eigenvalue weighted by Crippen LogP contribution is 2.28. The van der Waals surface area contributed by atoms with Gasteiger partial charge in [-0.2, -0.15) is 0 Å². The predicted molar refractivity (Wildman–Crippen MR) is 105 cm³/mol. The summed E-state index contributed by atoms with van der Waals surface area (Å²) in [6.07, 6.45) is 1.73. The van der Waals surface area contributed by atoms with Crippen LogP contribution in [0.3, 0.4) is 0 Å². The van der Waals surface area contributed by atoms with Crippen LogP contribution in [0.2, 0.25) is 0 Å². The number of thiazole rings is 1. The number of carbonyl (C=O) groups excluding carboxylic acids is 1. The quantitative estimate of drug-likeness (QED) is 0.555. The van der Waals surface area contributed by atoms with Crippen molar-refractivity contribution in [2.45, 2.75) is 6.54 Å². The van der Waals surface area contributed by atoms with Gasteiger partial charge in [-0.25, -0.2) is 9.97 Å². The SMILES string of the molecule is O=C(NCc1ccccc1)c1ccc2nc(Nc3ccccn3)sc2c1. The molecule has 0 saturated heterocycles. The molecule has 0 bridgehead atoms. The minimum absolute atomic E-state index is 0.0941. The lowest BCUT2D eigenvalue weighted by Crippen LogP contribution is -2.22. The molecular weight excluding hydrogens is 344 g/mol. The average Bonchev–Trinajstić information content (AvgIpc) is 3.09. The van der Waals surface area contributed by atoms with E-state index in [1.165, 1.54) is 11.3 Å². The Morgan fingerprint density at radius 3 is 2.65 bits per heavy atom. The molecule has 6 heteroatoms. The molecule has 1 amide bonds. The molecule has 4 aromatic rings. The molecule has 5 nitrogen and oxygen atoms in total. The molecule has 2 aromatic heterocycles. The monoisotopic (exact) mass is 360 g/mol. The number of benzene rings is 2. The van der Waals surface area contributed by atoms with Crippen LogP contribution < -0.4 is 10.6 Å². The van der Waals surface area contributed by atoms with Gasteiger partial charge in [0.15, 0.2) is 5.13 Å². The maximum absolute atomic E-state index is 12.4. The molecular formula is C20H16N4OS. The molecule has 2 N–H and O–H groups in total. The lowest BCUT2D eigenvalue weighted by atomic mass is 10.2. The highest BCUT2D eigenvalue weighted by atomic mass is 32.1. The van der Waals surface area contributed by atoms with Crippen LogP contribution in [-0.2, 0) is 6.54 Å². The summed E-state index contributed by atoms with van der Waals surface area (Å²) in [4.78, 5) is 21.2. The number of carbonyl (C=O) groups is 1. The standard InChI is InChI=1S/C20H16N4OS/c25-19(22-13-14-6-2-1-3-7-14)15-9-10-16-17(12-15)26-20(23-16)24-18-8-4-5-11-21-18/h1-12H,13H2,(H,22,25)(H,21,23,24). The zero-order chi connectivity index (χ0) is 17.8. The number of nitrogens with one attached hydrogen (secondary N) is 2. The lowest BCUT2D eigenvalue weighted by Gasteiger charge is -2.05. The Balaban J connectivity index is 1.49. The Morgan fingerprint density at radius 2 is 1.85 bits per heavy atom. The van der Waals surface area contributed by atoms with Gasteiger partial charge in [0.2, 0.25) is 0 Å². The number of amides is 1. The highest BCUT2D eigenvalue weighted by Gasteiger charge is 2.10. The van der Waals surface area contributed by atoms with Crippen LogP contribution in [0.5, 0.6) is 0 Å². The van der Waals surface area contributed by atoms with E-state index in [9.17, 15) is 4.79 Å². The first kappa shape index (κ1) is 16.2. The van der Waals surface area contributed by atoms with Crippen LogP contribution in [0.15, 0.2) is 72.9 Å². The average molecular weight is 360 g/mol. The fraction of sp³-hybridized carbons (Fsp3) is 0.0500. The lowest BCUT2D eigenvalue weighted by molar-refractivity contribution is 0.0951. The number of rotatable bonds is 5. The smallest absolute Gasteiger partial charge is 0.251 e. The summed E-state index contributed by atoms with van der Waals surface area (Å²) in [7, 11) is 0. The largest absolute Gasteiger partial charge is 0.348 e. The van der Waals surface area contributed by atoms with E-state index < -0.39 is 0 Å². The first-order valence-corrected chi connectivity index (χ1v) is 9.00. The number of fused-ring (bicyclic) bond motifs is 1. The van der Waals surface area contributed by atoms with Crippen LogP contribution in [-0.4, -0.2) is 15.9 Å². The zero-order valence-electron chi connectivity index (χ0n) is 13.8. The molecule has 2 aromatic carbocycles. The Hall–Kier alpha value is -3.25. The van der Waals surface area contributed by atoms with Gasteiger partial charge >= 0.3 is 0 Å². The number of hydrogen-bond donors (Lipinski definition) is 2. The minimum Gasteiger partial charge on any atom is -0.348 e. The maximum Gasteiger partial charge on any atom is 0.251 e. The van der Waals surface area contributed by atoms with Gasteiger partial charge in [0.1, 0.15) is 5.82 Å². The fourth-order valence-corrected chi connectivity index (χ4v) is 3.46. The van der Waals surface area contributed by atoms with E-state index in [0.717, 1.165) is 26.7 Å². The van der Waals surface area contributed by atoms with Crippen LogP contribution >= 0.6 is 11.3 Å². The maximum atomic E-state index is 12.4. The van der Waals surface area contributed by atoms with E-state index in [1.807, 2.05) is 60.7 Å². The second-order valence-electron chi connectivity index (χ2n) is 5.71. The molecule has 0 saturated carbocycles. The van der Waals surface area contributed by atoms with Gasteiger partial charge in [0.05, 0.1) is 10.2 Å². The van der Waals surface area contributed by atoms with Crippen molar-refractivity contribution in [3.8, 4) is 0 Å². The van der Waals surface area contributed by atoms with E-state index >= 15 is 0 Å². The summed E-state index contributed by atoms with van der Waals surface area (Å²) in [6.45, 7) is 0.507. The molecule has 2 heterocycles. The van der Waals surface area contributed by atoms with Crippen molar-refractivity contribution in [2.75, 3.05) is 5.32 Å². The van der Waals surface area contributed by atoms with Crippen molar-refractivity contribution in [3.63, 3.8) is 0 Å². The van der Waals surface area contributed by atoms with E-state index in [1.54, 1.807) is 12.3 Å². The van der Waals surface area contributed by atoms with Gasteiger partial charge in [0.25, 0.3) is 5.91 Å². The van der Waals surface area contributed by atoms with Crippen LogP contribution in [0.1, 0.15) is 15.9 Å². The molecule has 4 rings (SSSR count). The molecule has 0 aliphatic rings. The molecule has 0 aliphatic heterocycles. The van der Waals surface area contributed by atoms with Gasteiger partial charge in [-0.05, 0) is 35.9 Å². The van der Waals surface area contributed by atoms with Crippen molar-refractivity contribution < 1.29 is 4.79 Å². The fourth-order valence-electron chi connectivity index (χ4n) is 2.55. The van der Waals surface area contributed by atoms with Gasteiger partial charge in [-0.1, -0.05) is 47.7 Å². The number of nitrogens with zero attached hydrogens (tertiary/aromatic N) is 2. The topological polar surface area (TPSA) is 66.9 Å². The summed E-state index contributed by atoms with van der Waals surface area (Å²) in [5, 5.41) is 6.88. The number of pyridine rings is 1. The van der Waals surface area contributed by atoms with Gasteiger partial charge in [0, 0.05) is 18.3 Å². The van der Waals surface area contributed by atoms with Crippen molar-refractivity contribution in [3.05, 3.63) is 84.1 Å². The van der Waals surface area contributed by atoms with Crippen LogP contribution in [0, 0.1) is 0 Å². The molecule has 0 aliphatic carbocycles.